The van der Waals surface area contributed by atoms with E-state index in [-0.39, 0.29) is 10.8 Å². The highest BCUT2D eigenvalue weighted by Crippen LogP contribution is 2.33. The molecule has 2 rings (SSSR count). The standard InChI is InChI=1S/C13H13N3O3S2/c1-7-10(12(18)19)21-13(15-7)20-8-4-5-14-9(6-8)11(17)16(2)3/h4-6H,1-3H3,(H,18,19). The van der Waals surface area contributed by atoms with Gasteiger partial charge in [-0.25, -0.2) is 9.78 Å². The average molecular weight is 323 g/mol. The number of pyridine rings is 1. The molecule has 0 atom stereocenters. The first-order valence-electron chi connectivity index (χ1n) is 5.94. The molecule has 0 bridgehead atoms. The third kappa shape index (κ3) is 3.59. The van der Waals surface area contributed by atoms with E-state index in [0.717, 1.165) is 16.2 Å². The maximum atomic E-state index is 11.9. The fourth-order valence-electron chi connectivity index (χ4n) is 1.54. The number of aromatic carboxylic acids is 1. The van der Waals surface area contributed by atoms with Crippen LogP contribution in [0.1, 0.15) is 25.9 Å². The minimum Gasteiger partial charge on any atom is -0.477 e. The van der Waals surface area contributed by atoms with E-state index >= 15 is 0 Å². The van der Waals surface area contributed by atoms with Crippen molar-refractivity contribution in [1.29, 1.82) is 0 Å². The third-order valence-corrected chi connectivity index (χ3v) is 4.73. The smallest absolute Gasteiger partial charge is 0.347 e. The summed E-state index contributed by atoms with van der Waals surface area (Å²) in [6, 6.07) is 3.43. The maximum Gasteiger partial charge on any atom is 0.347 e. The number of carbonyl (C=O) groups is 2. The third-order valence-electron chi connectivity index (χ3n) is 2.53. The molecule has 0 aliphatic carbocycles. The summed E-state index contributed by atoms with van der Waals surface area (Å²) in [5.41, 5.74) is 0.838. The number of rotatable bonds is 4. The van der Waals surface area contributed by atoms with E-state index in [1.807, 2.05) is 0 Å². The monoisotopic (exact) mass is 323 g/mol. The van der Waals surface area contributed by atoms with Crippen molar-refractivity contribution in [3.05, 3.63) is 34.6 Å². The van der Waals surface area contributed by atoms with E-state index in [4.69, 9.17) is 5.11 Å². The Bertz CT molecular complexity index is 698. The number of hydrogen-bond acceptors (Lipinski definition) is 6. The van der Waals surface area contributed by atoms with Gasteiger partial charge in [-0.05, 0) is 19.1 Å². The second kappa shape index (κ2) is 6.23. The van der Waals surface area contributed by atoms with Crippen molar-refractivity contribution in [2.24, 2.45) is 0 Å². The molecule has 0 radical (unpaired) electrons. The molecular formula is C13H13N3O3S2. The summed E-state index contributed by atoms with van der Waals surface area (Å²) in [5, 5.41) is 9.02. The molecule has 0 saturated carbocycles. The van der Waals surface area contributed by atoms with Crippen molar-refractivity contribution >= 4 is 35.0 Å². The van der Waals surface area contributed by atoms with E-state index in [1.54, 1.807) is 39.3 Å². The summed E-state index contributed by atoms with van der Waals surface area (Å²) in [7, 11) is 3.32. The molecule has 0 fully saturated rings. The highest BCUT2D eigenvalue weighted by Gasteiger charge is 2.16. The first kappa shape index (κ1) is 15.5. The molecule has 2 heterocycles. The van der Waals surface area contributed by atoms with Gasteiger partial charge in [-0.2, -0.15) is 0 Å². The van der Waals surface area contributed by atoms with Gasteiger partial charge in [0, 0.05) is 25.2 Å². The summed E-state index contributed by atoms with van der Waals surface area (Å²) < 4.78 is 0.624. The molecule has 0 spiro atoms. The Kier molecular flexibility index (Phi) is 4.59. The van der Waals surface area contributed by atoms with Crippen molar-refractivity contribution in [3.63, 3.8) is 0 Å². The Labute approximate surface area is 129 Å². The maximum absolute atomic E-state index is 11.9. The van der Waals surface area contributed by atoms with Crippen LogP contribution in [0.5, 0.6) is 0 Å². The van der Waals surface area contributed by atoms with Crippen molar-refractivity contribution in [3.8, 4) is 0 Å². The van der Waals surface area contributed by atoms with Crippen LogP contribution < -0.4 is 0 Å². The zero-order valence-corrected chi connectivity index (χ0v) is 13.3. The molecule has 0 saturated heterocycles. The number of carbonyl (C=O) groups excluding carboxylic acids is 1. The minimum absolute atomic E-state index is 0.181. The van der Waals surface area contributed by atoms with Crippen LogP contribution in [0.4, 0.5) is 0 Å². The molecule has 2 aromatic rings. The Balaban J connectivity index is 2.24. The topological polar surface area (TPSA) is 83.4 Å². The zero-order valence-electron chi connectivity index (χ0n) is 11.7. The van der Waals surface area contributed by atoms with Gasteiger partial charge in [-0.15, -0.1) is 11.3 Å². The molecule has 0 aromatic carbocycles. The zero-order chi connectivity index (χ0) is 15.6. The van der Waals surface area contributed by atoms with Crippen LogP contribution in [0.2, 0.25) is 0 Å². The molecule has 2 aromatic heterocycles. The quantitative estimate of drug-likeness (QED) is 0.930. The lowest BCUT2D eigenvalue weighted by Crippen LogP contribution is -2.22. The largest absolute Gasteiger partial charge is 0.477 e. The first-order chi connectivity index (χ1) is 9.88. The Hall–Kier alpha value is -1.93. The number of carboxylic acid groups (broad SMARTS) is 1. The lowest BCUT2D eigenvalue weighted by molar-refractivity contribution is 0.0700. The Morgan fingerprint density at radius 3 is 2.67 bits per heavy atom. The van der Waals surface area contributed by atoms with Gasteiger partial charge in [0.2, 0.25) is 0 Å². The van der Waals surface area contributed by atoms with Crippen LogP contribution >= 0.6 is 23.1 Å². The molecule has 0 unspecified atom stereocenters. The van der Waals surface area contributed by atoms with E-state index in [1.165, 1.54) is 16.7 Å². The fraction of sp³-hybridized carbons (Fsp3) is 0.231. The van der Waals surface area contributed by atoms with Gasteiger partial charge in [0.1, 0.15) is 10.6 Å². The predicted molar refractivity (Wildman–Crippen MR) is 80.2 cm³/mol. The van der Waals surface area contributed by atoms with Crippen molar-refractivity contribution in [2.45, 2.75) is 16.2 Å². The van der Waals surface area contributed by atoms with Gasteiger partial charge in [-0.3, -0.25) is 9.78 Å². The second-order valence-corrected chi connectivity index (χ2v) is 6.70. The van der Waals surface area contributed by atoms with Crippen LogP contribution in [0.25, 0.3) is 0 Å². The molecule has 21 heavy (non-hydrogen) atoms. The van der Waals surface area contributed by atoms with E-state index in [0.29, 0.717) is 15.7 Å². The predicted octanol–water partition coefficient (Wildman–Crippen LogP) is 2.40. The number of aryl methyl sites for hydroxylation is 1. The van der Waals surface area contributed by atoms with Crippen LogP contribution in [-0.2, 0) is 0 Å². The van der Waals surface area contributed by atoms with Gasteiger partial charge in [0.15, 0.2) is 4.34 Å². The lowest BCUT2D eigenvalue weighted by Gasteiger charge is -2.09. The summed E-state index contributed by atoms with van der Waals surface area (Å²) in [6.07, 6.45) is 1.55. The van der Waals surface area contributed by atoms with E-state index < -0.39 is 5.97 Å². The van der Waals surface area contributed by atoms with E-state index in [9.17, 15) is 9.59 Å². The number of thiazole rings is 1. The number of hydrogen-bond donors (Lipinski definition) is 1. The van der Waals surface area contributed by atoms with Gasteiger partial charge in [-0.1, -0.05) is 11.8 Å². The van der Waals surface area contributed by atoms with Crippen LogP contribution in [0, 0.1) is 6.92 Å². The average Bonchev–Trinajstić information content (AvgIpc) is 2.79. The Morgan fingerprint density at radius 1 is 1.38 bits per heavy atom. The van der Waals surface area contributed by atoms with Gasteiger partial charge in [0.05, 0.1) is 5.69 Å². The van der Waals surface area contributed by atoms with Gasteiger partial charge < -0.3 is 10.0 Å². The molecular weight excluding hydrogens is 310 g/mol. The highest BCUT2D eigenvalue weighted by atomic mass is 32.2. The highest BCUT2D eigenvalue weighted by molar-refractivity contribution is 8.01. The number of carboxylic acids is 1. The summed E-state index contributed by atoms with van der Waals surface area (Å²) in [5.74, 6) is -1.16. The summed E-state index contributed by atoms with van der Waals surface area (Å²) >= 11 is 2.44. The minimum atomic E-state index is -0.977. The number of nitrogens with zero attached hydrogens (tertiary/aromatic N) is 3. The number of amides is 1. The lowest BCUT2D eigenvalue weighted by atomic mass is 10.3. The molecule has 1 N–H and O–H groups in total. The first-order valence-corrected chi connectivity index (χ1v) is 7.58. The van der Waals surface area contributed by atoms with Gasteiger partial charge in [0.25, 0.3) is 5.91 Å². The fourth-order valence-corrected chi connectivity index (χ4v) is 3.56. The SMILES string of the molecule is Cc1nc(Sc2ccnc(C(=O)N(C)C)c2)sc1C(=O)O. The molecule has 1 amide bonds. The normalized spacial score (nSPS) is 10.4. The number of aromatic nitrogens is 2. The van der Waals surface area contributed by atoms with Crippen LogP contribution in [0.3, 0.4) is 0 Å². The van der Waals surface area contributed by atoms with Crippen LogP contribution in [-0.4, -0.2) is 45.9 Å². The second-order valence-electron chi connectivity index (χ2n) is 4.38. The molecule has 0 aliphatic heterocycles. The van der Waals surface area contributed by atoms with Gasteiger partial charge >= 0.3 is 5.97 Å². The van der Waals surface area contributed by atoms with Crippen LogP contribution in [0.15, 0.2) is 27.6 Å². The molecule has 8 heteroatoms. The summed E-state index contributed by atoms with van der Waals surface area (Å²) in [4.78, 5) is 33.6. The molecule has 6 nitrogen and oxygen atoms in total. The molecule has 110 valence electrons. The van der Waals surface area contributed by atoms with Crippen molar-refractivity contribution in [1.82, 2.24) is 14.9 Å². The van der Waals surface area contributed by atoms with E-state index in [2.05, 4.69) is 9.97 Å². The summed E-state index contributed by atoms with van der Waals surface area (Å²) in [6.45, 7) is 1.66. The molecule has 0 aliphatic rings. The van der Waals surface area contributed by atoms with Crippen molar-refractivity contribution < 1.29 is 14.7 Å². The van der Waals surface area contributed by atoms with Crippen molar-refractivity contribution in [2.75, 3.05) is 14.1 Å². The Morgan fingerprint density at radius 2 is 2.10 bits per heavy atom.